The largest absolute Gasteiger partial charge is 0.308 e. The van der Waals surface area contributed by atoms with Crippen LogP contribution in [-0.4, -0.2) is 54.9 Å². The average Bonchev–Trinajstić information content (AvgIpc) is 2.79. The molecule has 0 aromatic carbocycles. The first-order chi connectivity index (χ1) is 9.24. The first-order valence-electron chi connectivity index (χ1n) is 8.19. The van der Waals surface area contributed by atoms with Gasteiger partial charge in [-0.15, -0.1) is 0 Å². The first kappa shape index (κ1) is 17.5. The van der Waals surface area contributed by atoms with E-state index in [1.807, 2.05) is 0 Å². The van der Waals surface area contributed by atoms with Gasteiger partial charge in [-0.1, -0.05) is 48.0 Å². The Morgan fingerprint density at radius 2 is 1.63 bits per heavy atom. The van der Waals surface area contributed by atoms with Crippen molar-refractivity contribution in [2.45, 2.75) is 63.8 Å². The lowest BCUT2D eigenvalue weighted by molar-refractivity contribution is 0.204. The van der Waals surface area contributed by atoms with Gasteiger partial charge in [0.15, 0.2) is 0 Å². The fourth-order valence-electron chi connectivity index (χ4n) is 3.11. The summed E-state index contributed by atoms with van der Waals surface area (Å²) in [6, 6.07) is 0.828. The molecular formula is C16H33BrN2. The lowest BCUT2D eigenvalue weighted by Gasteiger charge is -2.26. The van der Waals surface area contributed by atoms with Crippen LogP contribution in [0.1, 0.15) is 57.8 Å². The summed E-state index contributed by atoms with van der Waals surface area (Å²) in [5.41, 5.74) is 0. The molecular weight excluding hydrogens is 300 g/mol. The van der Waals surface area contributed by atoms with Gasteiger partial charge >= 0.3 is 0 Å². The van der Waals surface area contributed by atoms with Crippen LogP contribution in [0.4, 0.5) is 0 Å². The number of alkyl halides is 1. The molecule has 1 unspecified atom stereocenters. The van der Waals surface area contributed by atoms with E-state index in [-0.39, 0.29) is 0 Å². The van der Waals surface area contributed by atoms with Crippen molar-refractivity contribution in [2.24, 2.45) is 0 Å². The highest BCUT2D eigenvalue weighted by Crippen LogP contribution is 2.18. The molecule has 0 aliphatic carbocycles. The number of hydrogen-bond acceptors (Lipinski definition) is 2. The SMILES string of the molecule is CN(C)CC1CCCN1CCCCCCCCCBr. The van der Waals surface area contributed by atoms with E-state index in [9.17, 15) is 0 Å². The maximum Gasteiger partial charge on any atom is 0.0223 e. The van der Waals surface area contributed by atoms with Gasteiger partial charge in [0.2, 0.25) is 0 Å². The van der Waals surface area contributed by atoms with E-state index in [0.717, 1.165) is 6.04 Å². The maximum atomic E-state index is 3.49. The predicted octanol–water partition coefficient (Wildman–Crippen LogP) is 4.14. The molecule has 0 aromatic heterocycles. The van der Waals surface area contributed by atoms with Crippen LogP contribution in [-0.2, 0) is 0 Å². The molecule has 1 aliphatic heterocycles. The van der Waals surface area contributed by atoms with Crippen LogP contribution in [0.25, 0.3) is 0 Å². The van der Waals surface area contributed by atoms with E-state index in [2.05, 4.69) is 39.8 Å². The van der Waals surface area contributed by atoms with Crippen LogP contribution < -0.4 is 0 Å². The van der Waals surface area contributed by atoms with Crippen LogP contribution in [0.3, 0.4) is 0 Å². The minimum Gasteiger partial charge on any atom is -0.308 e. The number of nitrogens with zero attached hydrogens (tertiary/aromatic N) is 2. The van der Waals surface area contributed by atoms with Gasteiger partial charge in [0.05, 0.1) is 0 Å². The second kappa shape index (κ2) is 11.1. The van der Waals surface area contributed by atoms with Crippen molar-refractivity contribution in [1.29, 1.82) is 0 Å². The Kier molecular flexibility index (Phi) is 10.2. The minimum absolute atomic E-state index is 0.828. The predicted molar refractivity (Wildman–Crippen MR) is 89.3 cm³/mol. The zero-order valence-electron chi connectivity index (χ0n) is 13.0. The topological polar surface area (TPSA) is 6.48 Å². The van der Waals surface area contributed by atoms with Gasteiger partial charge in [0.25, 0.3) is 0 Å². The molecule has 1 rings (SSSR count). The lowest BCUT2D eigenvalue weighted by Crippen LogP contribution is -2.38. The van der Waals surface area contributed by atoms with Crippen molar-refractivity contribution in [2.75, 3.05) is 39.1 Å². The number of likely N-dealkylation sites (N-methyl/N-ethyl adjacent to an activating group) is 1. The van der Waals surface area contributed by atoms with Crippen molar-refractivity contribution in [3.63, 3.8) is 0 Å². The summed E-state index contributed by atoms with van der Waals surface area (Å²) < 4.78 is 0. The third-order valence-corrected chi connectivity index (χ3v) is 4.71. The van der Waals surface area contributed by atoms with Gasteiger partial charge in [-0.3, -0.25) is 4.90 Å². The fourth-order valence-corrected chi connectivity index (χ4v) is 3.51. The van der Waals surface area contributed by atoms with E-state index in [4.69, 9.17) is 0 Å². The summed E-state index contributed by atoms with van der Waals surface area (Å²) in [7, 11) is 4.40. The molecule has 1 aliphatic rings. The Labute approximate surface area is 129 Å². The zero-order chi connectivity index (χ0) is 13.9. The molecule has 0 spiro atoms. The zero-order valence-corrected chi connectivity index (χ0v) is 14.6. The highest BCUT2D eigenvalue weighted by Gasteiger charge is 2.23. The number of likely N-dealkylation sites (tertiary alicyclic amines) is 1. The number of unbranched alkanes of at least 4 members (excludes halogenated alkanes) is 6. The lowest BCUT2D eigenvalue weighted by atomic mass is 10.1. The standard InChI is InChI=1S/C16H33BrN2/c1-18(2)15-16-11-10-14-19(16)13-9-7-5-3-4-6-8-12-17/h16H,3-15H2,1-2H3. The normalized spacial score (nSPS) is 20.5. The molecule has 0 radical (unpaired) electrons. The van der Waals surface area contributed by atoms with E-state index in [0.29, 0.717) is 0 Å². The summed E-state index contributed by atoms with van der Waals surface area (Å²) in [6.45, 7) is 3.91. The van der Waals surface area contributed by atoms with Gasteiger partial charge in [-0.25, -0.2) is 0 Å². The quantitative estimate of drug-likeness (QED) is 0.414. The Morgan fingerprint density at radius 1 is 1.00 bits per heavy atom. The van der Waals surface area contributed by atoms with Gasteiger partial charge in [-0.05, 0) is 52.9 Å². The van der Waals surface area contributed by atoms with Crippen LogP contribution in [0.5, 0.6) is 0 Å². The summed E-state index contributed by atoms with van der Waals surface area (Å²) in [6.07, 6.45) is 12.7. The van der Waals surface area contributed by atoms with Gasteiger partial charge in [0, 0.05) is 17.9 Å². The fraction of sp³-hybridized carbons (Fsp3) is 1.00. The maximum absolute atomic E-state index is 3.49. The molecule has 19 heavy (non-hydrogen) atoms. The van der Waals surface area contributed by atoms with Crippen molar-refractivity contribution < 1.29 is 0 Å². The molecule has 1 heterocycles. The second-order valence-corrected chi connectivity index (χ2v) is 7.05. The van der Waals surface area contributed by atoms with Crippen molar-refractivity contribution in [1.82, 2.24) is 9.80 Å². The average molecular weight is 333 g/mol. The Hall–Kier alpha value is 0.400. The Morgan fingerprint density at radius 3 is 2.26 bits per heavy atom. The summed E-state index contributed by atoms with van der Waals surface area (Å²) >= 11 is 3.49. The second-order valence-electron chi connectivity index (χ2n) is 6.26. The van der Waals surface area contributed by atoms with E-state index in [1.165, 1.54) is 82.8 Å². The number of rotatable bonds is 11. The molecule has 1 atom stereocenters. The molecule has 2 nitrogen and oxygen atoms in total. The van der Waals surface area contributed by atoms with E-state index >= 15 is 0 Å². The van der Waals surface area contributed by atoms with Crippen molar-refractivity contribution in [3.05, 3.63) is 0 Å². The molecule has 114 valence electrons. The monoisotopic (exact) mass is 332 g/mol. The molecule has 1 fully saturated rings. The molecule has 1 saturated heterocycles. The first-order valence-corrected chi connectivity index (χ1v) is 9.31. The smallest absolute Gasteiger partial charge is 0.0223 e. The molecule has 0 amide bonds. The third kappa shape index (κ3) is 8.31. The molecule has 0 N–H and O–H groups in total. The van der Waals surface area contributed by atoms with Crippen LogP contribution in [0, 0.1) is 0 Å². The van der Waals surface area contributed by atoms with Crippen LogP contribution >= 0.6 is 15.9 Å². The van der Waals surface area contributed by atoms with Crippen LogP contribution in [0.2, 0.25) is 0 Å². The number of halogens is 1. The molecule has 0 saturated carbocycles. The highest BCUT2D eigenvalue weighted by atomic mass is 79.9. The molecule has 0 aromatic rings. The molecule has 0 bridgehead atoms. The van der Waals surface area contributed by atoms with Gasteiger partial charge in [0.1, 0.15) is 0 Å². The third-order valence-electron chi connectivity index (χ3n) is 4.15. The highest BCUT2D eigenvalue weighted by molar-refractivity contribution is 9.09. The van der Waals surface area contributed by atoms with E-state index < -0.39 is 0 Å². The van der Waals surface area contributed by atoms with Crippen molar-refractivity contribution >= 4 is 15.9 Å². The molecule has 3 heteroatoms. The summed E-state index contributed by atoms with van der Waals surface area (Å²) in [5.74, 6) is 0. The minimum atomic E-state index is 0.828. The summed E-state index contributed by atoms with van der Waals surface area (Å²) in [4.78, 5) is 5.07. The van der Waals surface area contributed by atoms with Gasteiger partial charge in [-0.2, -0.15) is 0 Å². The Bertz CT molecular complexity index is 209. The number of hydrogen-bond donors (Lipinski definition) is 0. The van der Waals surface area contributed by atoms with Crippen LogP contribution in [0.15, 0.2) is 0 Å². The Balaban J connectivity index is 1.96. The summed E-state index contributed by atoms with van der Waals surface area (Å²) in [5, 5.41) is 1.18. The van der Waals surface area contributed by atoms with Crippen molar-refractivity contribution in [3.8, 4) is 0 Å². The van der Waals surface area contributed by atoms with Gasteiger partial charge < -0.3 is 4.90 Å². The van der Waals surface area contributed by atoms with E-state index in [1.54, 1.807) is 0 Å².